The molecule has 0 radical (unpaired) electrons. The lowest BCUT2D eigenvalue weighted by atomic mass is 9.83. The minimum atomic E-state index is 0.189. The maximum absolute atomic E-state index is 5.85. The zero-order valence-electron chi connectivity index (χ0n) is 19.1. The van der Waals surface area contributed by atoms with Crippen LogP contribution in [-0.2, 0) is 13.6 Å². The third-order valence-corrected chi connectivity index (χ3v) is 6.72. The van der Waals surface area contributed by atoms with E-state index in [0.717, 1.165) is 35.7 Å². The number of benzene rings is 1. The Morgan fingerprint density at radius 2 is 1.94 bits per heavy atom. The van der Waals surface area contributed by atoms with Gasteiger partial charge in [0.1, 0.15) is 18.1 Å². The molecule has 1 aromatic heterocycles. The van der Waals surface area contributed by atoms with Crippen molar-refractivity contribution in [2.75, 3.05) is 6.61 Å². The van der Waals surface area contributed by atoms with E-state index in [9.17, 15) is 0 Å². The number of aryl methyl sites for hydroxylation is 1. The second-order valence-corrected chi connectivity index (χ2v) is 8.91. The number of fused-ring (bicyclic) bond motifs is 1. The van der Waals surface area contributed by atoms with E-state index in [1.54, 1.807) is 0 Å². The van der Waals surface area contributed by atoms with Gasteiger partial charge in [-0.2, -0.15) is 0 Å². The van der Waals surface area contributed by atoms with Gasteiger partial charge in [0, 0.05) is 25.1 Å². The first-order chi connectivity index (χ1) is 15.1. The molecule has 0 saturated heterocycles. The molecule has 2 aromatic rings. The first-order valence-electron chi connectivity index (χ1n) is 11.8. The van der Waals surface area contributed by atoms with Gasteiger partial charge in [0.15, 0.2) is 11.8 Å². The summed E-state index contributed by atoms with van der Waals surface area (Å²) in [5.41, 5.74) is 1.20. The van der Waals surface area contributed by atoms with E-state index in [1.165, 1.54) is 44.1 Å². The van der Waals surface area contributed by atoms with Gasteiger partial charge in [0.25, 0.3) is 0 Å². The SMILES string of the molecule is CCCC1CCC(NC(=NCc2nnc(C)n2C)NC2CCOc3ccccc32)CC1. The fraction of sp³-hybridized carbons (Fsp3) is 0.625. The summed E-state index contributed by atoms with van der Waals surface area (Å²) >= 11 is 0. The Kier molecular flexibility index (Phi) is 7.10. The topological polar surface area (TPSA) is 76.4 Å². The number of hydrogen-bond donors (Lipinski definition) is 2. The van der Waals surface area contributed by atoms with Gasteiger partial charge in [-0.25, -0.2) is 4.99 Å². The molecule has 4 rings (SSSR count). The van der Waals surface area contributed by atoms with Crippen molar-refractivity contribution in [1.82, 2.24) is 25.4 Å². The van der Waals surface area contributed by atoms with Crippen molar-refractivity contribution in [3.63, 3.8) is 0 Å². The average molecular weight is 425 g/mol. The van der Waals surface area contributed by atoms with E-state index in [2.05, 4.69) is 39.9 Å². The standard InChI is InChI=1S/C24H36N6O/c1-4-7-18-10-12-19(13-11-18)26-24(25-16-23-29-28-17(2)30(23)3)27-21-14-15-31-22-9-6-5-8-20(21)22/h5-6,8-9,18-19,21H,4,7,10-16H2,1-3H3,(H2,25,26,27). The molecule has 1 aliphatic carbocycles. The number of guanidine groups is 1. The van der Waals surface area contributed by atoms with Crippen LogP contribution in [0, 0.1) is 12.8 Å². The summed E-state index contributed by atoms with van der Waals surface area (Å²) in [7, 11) is 1.99. The first-order valence-corrected chi connectivity index (χ1v) is 11.8. The molecule has 0 amide bonds. The molecule has 1 aliphatic heterocycles. The largest absolute Gasteiger partial charge is 0.493 e. The smallest absolute Gasteiger partial charge is 0.192 e. The summed E-state index contributed by atoms with van der Waals surface area (Å²) in [6, 6.07) is 8.95. The Bertz CT molecular complexity index is 884. The van der Waals surface area contributed by atoms with Crippen molar-refractivity contribution in [1.29, 1.82) is 0 Å². The summed E-state index contributed by atoms with van der Waals surface area (Å²) < 4.78 is 7.85. The number of para-hydroxylation sites is 1. The van der Waals surface area contributed by atoms with Crippen LogP contribution in [0.2, 0.25) is 0 Å². The van der Waals surface area contributed by atoms with Gasteiger partial charge in [-0.15, -0.1) is 10.2 Å². The number of nitrogens with one attached hydrogen (secondary N) is 2. The number of rotatable bonds is 6. The van der Waals surface area contributed by atoms with Crippen LogP contribution < -0.4 is 15.4 Å². The molecule has 1 aromatic carbocycles. The van der Waals surface area contributed by atoms with E-state index in [0.29, 0.717) is 19.2 Å². The molecule has 7 heteroatoms. The molecule has 0 bridgehead atoms. The zero-order valence-corrected chi connectivity index (χ0v) is 19.1. The van der Waals surface area contributed by atoms with Gasteiger partial charge in [0.2, 0.25) is 0 Å². The molecule has 7 nitrogen and oxygen atoms in total. The number of ether oxygens (including phenoxy) is 1. The summed E-state index contributed by atoms with van der Waals surface area (Å²) in [6.45, 7) is 5.47. The minimum Gasteiger partial charge on any atom is -0.493 e. The van der Waals surface area contributed by atoms with Gasteiger partial charge >= 0.3 is 0 Å². The maximum atomic E-state index is 5.85. The van der Waals surface area contributed by atoms with Crippen molar-refractivity contribution in [3.8, 4) is 5.75 Å². The number of aromatic nitrogens is 3. The number of nitrogens with zero attached hydrogens (tertiary/aromatic N) is 4. The van der Waals surface area contributed by atoms with Gasteiger partial charge in [0.05, 0.1) is 12.6 Å². The molecule has 1 atom stereocenters. The van der Waals surface area contributed by atoms with Crippen molar-refractivity contribution >= 4 is 5.96 Å². The van der Waals surface area contributed by atoms with E-state index < -0.39 is 0 Å². The summed E-state index contributed by atoms with van der Waals surface area (Å²) in [6.07, 6.45) is 8.60. The lowest BCUT2D eigenvalue weighted by Crippen LogP contribution is -2.46. The van der Waals surface area contributed by atoms with E-state index in [4.69, 9.17) is 9.73 Å². The Labute approximate surface area is 185 Å². The van der Waals surface area contributed by atoms with Crippen LogP contribution in [0.25, 0.3) is 0 Å². The van der Waals surface area contributed by atoms with E-state index in [-0.39, 0.29) is 6.04 Å². The van der Waals surface area contributed by atoms with Crippen LogP contribution in [0.3, 0.4) is 0 Å². The van der Waals surface area contributed by atoms with Crippen LogP contribution in [0.5, 0.6) is 5.75 Å². The summed E-state index contributed by atoms with van der Waals surface area (Å²) in [5, 5.41) is 15.9. The second kappa shape index (κ2) is 10.2. The Hall–Kier alpha value is -2.57. The highest BCUT2D eigenvalue weighted by Crippen LogP contribution is 2.32. The molecule has 0 spiro atoms. The minimum absolute atomic E-state index is 0.189. The van der Waals surface area contributed by atoms with Gasteiger partial charge < -0.3 is 19.9 Å². The Morgan fingerprint density at radius 3 is 2.68 bits per heavy atom. The van der Waals surface area contributed by atoms with Gasteiger partial charge in [-0.05, 0) is 44.6 Å². The van der Waals surface area contributed by atoms with Crippen molar-refractivity contribution in [3.05, 3.63) is 41.5 Å². The molecular formula is C24H36N6O. The molecule has 2 aliphatic rings. The second-order valence-electron chi connectivity index (χ2n) is 8.91. The first kappa shape index (κ1) is 21.7. The Morgan fingerprint density at radius 1 is 1.13 bits per heavy atom. The third kappa shape index (κ3) is 5.38. The van der Waals surface area contributed by atoms with E-state index >= 15 is 0 Å². The maximum Gasteiger partial charge on any atom is 0.192 e. The van der Waals surface area contributed by atoms with Crippen LogP contribution in [-0.4, -0.2) is 33.4 Å². The molecular weight excluding hydrogens is 388 g/mol. The van der Waals surface area contributed by atoms with E-state index in [1.807, 2.05) is 30.7 Å². The van der Waals surface area contributed by atoms with Gasteiger partial charge in [-0.1, -0.05) is 38.0 Å². The zero-order chi connectivity index (χ0) is 21.6. The average Bonchev–Trinajstić information content (AvgIpc) is 3.11. The molecule has 2 N–H and O–H groups in total. The Balaban J connectivity index is 1.48. The van der Waals surface area contributed by atoms with Crippen molar-refractivity contribution < 1.29 is 4.74 Å². The highest BCUT2D eigenvalue weighted by Gasteiger charge is 2.25. The lowest BCUT2D eigenvalue weighted by molar-refractivity contribution is 0.260. The highest BCUT2D eigenvalue weighted by atomic mass is 16.5. The van der Waals surface area contributed by atoms with Crippen LogP contribution >= 0.6 is 0 Å². The molecule has 2 heterocycles. The monoisotopic (exact) mass is 424 g/mol. The van der Waals surface area contributed by atoms with Crippen LogP contribution in [0.4, 0.5) is 0 Å². The fourth-order valence-electron chi connectivity index (χ4n) is 4.73. The predicted octanol–water partition coefficient (Wildman–Crippen LogP) is 4.04. The lowest BCUT2D eigenvalue weighted by Gasteiger charge is -2.32. The third-order valence-electron chi connectivity index (χ3n) is 6.72. The quantitative estimate of drug-likeness (QED) is 0.541. The molecule has 31 heavy (non-hydrogen) atoms. The predicted molar refractivity (Wildman–Crippen MR) is 123 cm³/mol. The fourth-order valence-corrected chi connectivity index (χ4v) is 4.73. The molecule has 1 fully saturated rings. The summed E-state index contributed by atoms with van der Waals surface area (Å²) in [4.78, 5) is 4.91. The van der Waals surface area contributed by atoms with Gasteiger partial charge in [-0.3, -0.25) is 0 Å². The number of hydrogen-bond acceptors (Lipinski definition) is 4. The van der Waals surface area contributed by atoms with Crippen molar-refractivity contribution in [2.45, 2.75) is 77.4 Å². The van der Waals surface area contributed by atoms with Crippen LogP contribution in [0.15, 0.2) is 29.3 Å². The van der Waals surface area contributed by atoms with Crippen molar-refractivity contribution in [2.24, 2.45) is 18.0 Å². The normalized spacial score (nSPS) is 23.7. The molecule has 1 saturated carbocycles. The molecule has 1 unspecified atom stereocenters. The number of aliphatic imine (C=N–C) groups is 1. The molecule has 168 valence electrons. The summed E-state index contributed by atoms with van der Waals surface area (Å²) in [5.74, 6) is 4.49. The highest BCUT2D eigenvalue weighted by molar-refractivity contribution is 5.80. The van der Waals surface area contributed by atoms with Crippen LogP contribution in [0.1, 0.15) is 75.1 Å².